The number of halogens is 1. The Bertz CT molecular complexity index is 804. The number of rotatable bonds is 5. The lowest BCUT2D eigenvalue weighted by Crippen LogP contribution is -2.26. The molecule has 0 aliphatic rings. The number of sulfonamides is 1. The molecular weight excluding hydrogens is 336 g/mol. The fourth-order valence-electron chi connectivity index (χ4n) is 2.07. The average molecular weight is 353 g/mol. The summed E-state index contributed by atoms with van der Waals surface area (Å²) >= 11 is 5.92. The molecule has 7 heteroatoms. The summed E-state index contributed by atoms with van der Waals surface area (Å²) < 4.78 is 27.4. The van der Waals surface area contributed by atoms with E-state index in [4.69, 9.17) is 11.6 Å². The van der Waals surface area contributed by atoms with Gasteiger partial charge in [-0.25, -0.2) is 13.1 Å². The van der Waals surface area contributed by atoms with Gasteiger partial charge in [-0.1, -0.05) is 23.7 Å². The van der Waals surface area contributed by atoms with Crippen molar-refractivity contribution in [2.45, 2.75) is 24.8 Å². The fraction of sp³-hybridized carbons (Fsp3) is 0.188. The minimum Gasteiger partial charge on any atom is -0.326 e. The highest BCUT2D eigenvalue weighted by Gasteiger charge is 2.18. The van der Waals surface area contributed by atoms with E-state index in [0.717, 1.165) is 5.56 Å². The van der Waals surface area contributed by atoms with Gasteiger partial charge in [0, 0.05) is 23.7 Å². The van der Waals surface area contributed by atoms with Gasteiger partial charge in [-0.05, 0) is 48.9 Å². The zero-order valence-electron chi connectivity index (χ0n) is 12.7. The van der Waals surface area contributed by atoms with Crippen molar-refractivity contribution >= 4 is 33.2 Å². The van der Waals surface area contributed by atoms with Crippen LogP contribution in [0.4, 0.5) is 5.69 Å². The van der Waals surface area contributed by atoms with Crippen molar-refractivity contribution in [3.63, 3.8) is 0 Å². The van der Waals surface area contributed by atoms with Crippen LogP contribution in [0.25, 0.3) is 0 Å². The molecule has 0 fully saturated rings. The molecule has 1 atom stereocenters. The summed E-state index contributed by atoms with van der Waals surface area (Å²) in [6, 6.07) is 12.6. The molecule has 2 aromatic rings. The van der Waals surface area contributed by atoms with E-state index in [-0.39, 0.29) is 10.8 Å². The number of hydrogen-bond donors (Lipinski definition) is 2. The Kier molecular flexibility index (Phi) is 5.41. The molecule has 23 heavy (non-hydrogen) atoms. The lowest BCUT2D eigenvalue weighted by Gasteiger charge is -2.15. The van der Waals surface area contributed by atoms with Crippen molar-refractivity contribution in [1.29, 1.82) is 0 Å². The maximum Gasteiger partial charge on any atom is 0.241 e. The van der Waals surface area contributed by atoms with Gasteiger partial charge in [0.05, 0.1) is 4.90 Å². The van der Waals surface area contributed by atoms with Crippen LogP contribution in [-0.4, -0.2) is 14.3 Å². The summed E-state index contributed by atoms with van der Waals surface area (Å²) in [6.07, 6.45) is 0. The Balaban J connectivity index is 2.16. The van der Waals surface area contributed by atoms with Gasteiger partial charge in [-0.2, -0.15) is 0 Å². The van der Waals surface area contributed by atoms with Crippen LogP contribution in [0.5, 0.6) is 0 Å². The summed E-state index contributed by atoms with van der Waals surface area (Å²) in [4.78, 5) is 11.1. The number of benzene rings is 2. The SMILES string of the molecule is CC(=O)Nc1ccc(S(=O)(=O)N[C@@H](C)c2cccc(Cl)c2)cc1. The largest absolute Gasteiger partial charge is 0.326 e. The maximum absolute atomic E-state index is 12.4. The van der Waals surface area contributed by atoms with Gasteiger partial charge < -0.3 is 5.32 Å². The molecule has 0 spiro atoms. The molecule has 2 aromatic carbocycles. The predicted molar refractivity (Wildman–Crippen MR) is 90.9 cm³/mol. The van der Waals surface area contributed by atoms with Crippen molar-refractivity contribution in [3.8, 4) is 0 Å². The highest BCUT2D eigenvalue weighted by molar-refractivity contribution is 7.89. The van der Waals surface area contributed by atoms with Crippen LogP contribution in [0.2, 0.25) is 5.02 Å². The molecule has 0 radical (unpaired) electrons. The first kappa shape index (κ1) is 17.5. The van der Waals surface area contributed by atoms with Gasteiger partial charge in [0.2, 0.25) is 15.9 Å². The number of hydrogen-bond acceptors (Lipinski definition) is 3. The van der Waals surface area contributed by atoms with E-state index in [0.29, 0.717) is 10.7 Å². The van der Waals surface area contributed by atoms with Crippen molar-refractivity contribution in [1.82, 2.24) is 4.72 Å². The first-order valence-corrected chi connectivity index (χ1v) is 8.79. The molecule has 1 amide bonds. The molecule has 2 N–H and O–H groups in total. The Morgan fingerprint density at radius 1 is 1.13 bits per heavy atom. The van der Waals surface area contributed by atoms with Crippen LogP contribution in [0.15, 0.2) is 53.4 Å². The van der Waals surface area contributed by atoms with Crippen LogP contribution < -0.4 is 10.0 Å². The second kappa shape index (κ2) is 7.12. The minimum atomic E-state index is -3.67. The predicted octanol–water partition coefficient (Wildman–Crippen LogP) is 3.34. The van der Waals surface area contributed by atoms with Crippen LogP contribution in [0.1, 0.15) is 25.5 Å². The summed E-state index contributed by atoms with van der Waals surface area (Å²) in [5.41, 5.74) is 1.32. The van der Waals surface area contributed by atoms with Gasteiger partial charge >= 0.3 is 0 Å². The topological polar surface area (TPSA) is 75.3 Å². The second-order valence-electron chi connectivity index (χ2n) is 5.10. The molecule has 0 saturated heterocycles. The van der Waals surface area contributed by atoms with Crippen LogP contribution in [0, 0.1) is 0 Å². The monoisotopic (exact) mass is 352 g/mol. The summed E-state index contributed by atoms with van der Waals surface area (Å²) in [5, 5.41) is 3.14. The lowest BCUT2D eigenvalue weighted by atomic mass is 10.1. The third kappa shape index (κ3) is 4.79. The summed E-state index contributed by atoms with van der Waals surface area (Å²) in [6.45, 7) is 3.13. The molecule has 0 bridgehead atoms. The molecule has 5 nitrogen and oxygen atoms in total. The molecule has 0 saturated carbocycles. The van der Waals surface area contributed by atoms with Gasteiger partial charge in [0.25, 0.3) is 0 Å². The Morgan fingerprint density at radius 2 is 1.78 bits per heavy atom. The normalized spacial score (nSPS) is 12.7. The average Bonchev–Trinajstić information content (AvgIpc) is 2.46. The molecule has 0 aliphatic carbocycles. The molecule has 122 valence electrons. The quantitative estimate of drug-likeness (QED) is 0.866. The van der Waals surface area contributed by atoms with Gasteiger partial charge in [0.15, 0.2) is 0 Å². The highest BCUT2D eigenvalue weighted by Crippen LogP contribution is 2.21. The van der Waals surface area contributed by atoms with Gasteiger partial charge in [0.1, 0.15) is 0 Å². The number of anilines is 1. The van der Waals surface area contributed by atoms with E-state index < -0.39 is 16.1 Å². The smallest absolute Gasteiger partial charge is 0.241 e. The molecule has 2 rings (SSSR count). The van der Waals surface area contributed by atoms with Crippen molar-refractivity contribution in [2.24, 2.45) is 0 Å². The Labute approximate surface area is 140 Å². The van der Waals surface area contributed by atoms with Crippen LogP contribution in [0.3, 0.4) is 0 Å². The van der Waals surface area contributed by atoms with E-state index >= 15 is 0 Å². The molecular formula is C16H17ClN2O3S. The first-order chi connectivity index (χ1) is 10.8. The summed E-state index contributed by atoms with van der Waals surface area (Å²) in [7, 11) is -3.67. The second-order valence-corrected chi connectivity index (χ2v) is 7.25. The van der Waals surface area contributed by atoms with Crippen LogP contribution >= 0.6 is 11.6 Å². The molecule has 0 unspecified atom stereocenters. The van der Waals surface area contributed by atoms with E-state index in [2.05, 4.69) is 10.0 Å². The third-order valence-corrected chi connectivity index (χ3v) is 4.96. The Hall–Kier alpha value is -1.89. The Morgan fingerprint density at radius 3 is 2.35 bits per heavy atom. The van der Waals surface area contributed by atoms with E-state index in [1.54, 1.807) is 43.3 Å². The maximum atomic E-state index is 12.4. The van der Waals surface area contributed by atoms with Crippen molar-refractivity contribution < 1.29 is 13.2 Å². The number of nitrogens with one attached hydrogen (secondary N) is 2. The zero-order chi connectivity index (χ0) is 17.0. The summed E-state index contributed by atoms with van der Waals surface area (Å²) in [5.74, 6) is -0.215. The van der Waals surface area contributed by atoms with Gasteiger partial charge in [-0.3, -0.25) is 4.79 Å². The number of carbonyl (C=O) groups excluding carboxylic acids is 1. The van der Waals surface area contributed by atoms with Crippen molar-refractivity contribution in [3.05, 3.63) is 59.1 Å². The van der Waals surface area contributed by atoms with Crippen LogP contribution in [-0.2, 0) is 14.8 Å². The minimum absolute atomic E-state index is 0.125. The highest BCUT2D eigenvalue weighted by atomic mass is 35.5. The van der Waals surface area contributed by atoms with Crippen molar-refractivity contribution in [2.75, 3.05) is 5.32 Å². The van der Waals surface area contributed by atoms with Gasteiger partial charge in [-0.15, -0.1) is 0 Å². The fourth-order valence-corrected chi connectivity index (χ4v) is 3.50. The van der Waals surface area contributed by atoms with E-state index in [1.807, 2.05) is 0 Å². The molecule has 0 aromatic heterocycles. The first-order valence-electron chi connectivity index (χ1n) is 6.93. The van der Waals surface area contributed by atoms with E-state index in [1.165, 1.54) is 19.1 Å². The third-order valence-electron chi connectivity index (χ3n) is 3.17. The lowest BCUT2D eigenvalue weighted by molar-refractivity contribution is -0.114. The molecule has 0 heterocycles. The number of amides is 1. The standard InChI is InChI=1S/C16H17ClN2O3S/c1-11(13-4-3-5-14(17)10-13)19-23(21,22)16-8-6-15(7-9-16)18-12(2)20/h3-11,19H,1-2H3,(H,18,20)/t11-/m0/s1. The zero-order valence-corrected chi connectivity index (χ0v) is 14.3. The van der Waals surface area contributed by atoms with E-state index in [9.17, 15) is 13.2 Å². The number of carbonyl (C=O) groups is 1. The molecule has 0 aliphatic heterocycles.